The number of aliphatic hydroxyl groups is 1. The van der Waals surface area contributed by atoms with Gasteiger partial charge in [0.2, 0.25) is 5.91 Å². The van der Waals surface area contributed by atoms with Gasteiger partial charge in [-0.15, -0.1) is 0 Å². The van der Waals surface area contributed by atoms with Crippen LogP contribution < -0.4 is 5.32 Å². The first-order valence-corrected chi connectivity index (χ1v) is 3.79. The lowest BCUT2D eigenvalue weighted by molar-refractivity contribution is -0.120. The molecule has 2 N–H and O–H groups in total. The highest BCUT2D eigenvalue weighted by atomic mass is 16.2. The van der Waals surface area contributed by atoms with Gasteiger partial charge in [-0.05, 0) is 12.8 Å². The molecule has 0 aromatic rings. The number of carbonyl (C=O) groups excluding carboxylic acids is 1. The summed E-state index contributed by atoms with van der Waals surface area (Å²) in [4.78, 5) is 10.8. The maximum absolute atomic E-state index is 10.8. The van der Waals surface area contributed by atoms with Crippen molar-refractivity contribution in [2.45, 2.75) is 26.2 Å². The molecule has 0 spiro atoms. The van der Waals surface area contributed by atoms with Crippen LogP contribution in [0.25, 0.3) is 0 Å². The SMILES string of the molecule is C=C(CCCO)NC(=O)CC. The van der Waals surface area contributed by atoms with E-state index in [4.69, 9.17) is 5.11 Å². The molecule has 0 fully saturated rings. The van der Waals surface area contributed by atoms with E-state index in [0.29, 0.717) is 25.0 Å². The van der Waals surface area contributed by atoms with Crippen molar-refractivity contribution < 1.29 is 9.90 Å². The second-order valence-corrected chi connectivity index (χ2v) is 2.33. The minimum atomic E-state index is -0.0204. The summed E-state index contributed by atoms with van der Waals surface area (Å²) in [5.41, 5.74) is 0.686. The summed E-state index contributed by atoms with van der Waals surface area (Å²) in [7, 11) is 0. The van der Waals surface area contributed by atoms with E-state index < -0.39 is 0 Å². The maximum atomic E-state index is 10.8. The molecule has 0 aliphatic heterocycles. The van der Waals surface area contributed by atoms with Crippen LogP contribution in [0.3, 0.4) is 0 Å². The van der Waals surface area contributed by atoms with Crippen LogP contribution in [0, 0.1) is 0 Å². The van der Waals surface area contributed by atoms with Gasteiger partial charge in [-0.3, -0.25) is 4.79 Å². The number of hydrogen-bond acceptors (Lipinski definition) is 2. The molecule has 0 aliphatic rings. The fourth-order valence-corrected chi connectivity index (χ4v) is 0.641. The van der Waals surface area contributed by atoms with Crippen molar-refractivity contribution >= 4 is 5.91 Å². The van der Waals surface area contributed by atoms with Gasteiger partial charge < -0.3 is 10.4 Å². The number of allylic oxidation sites excluding steroid dienone is 1. The molecular weight excluding hydrogens is 142 g/mol. The first kappa shape index (κ1) is 10.2. The van der Waals surface area contributed by atoms with Gasteiger partial charge in [0, 0.05) is 18.7 Å². The number of carbonyl (C=O) groups is 1. The number of rotatable bonds is 5. The van der Waals surface area contributed by atoms with Gasteiger partial charge in [0.25, 0.3) is 0 Å². The molecule has 64 valence electrons. The van der Waals surface area contributed by atoms with Gasteiger partial charge in [0.05, 0.1) is 0 Å². The van der Waals surface area contributed by atoms with Crippen LogP contribution >= 0.6 is 0 Å². The minimum Gasteiger partial charge on any atom is -0.396 e. The van der Waals surface area contributed by atoms with Crippen LogP contribution in [-0.4, -0.2) is 17.6 Å². The molecule has 3 heteroatoms. The van der Waals surface area contributed by atoms with Gasteiger partial charge in [0.15, 0.2) is 0 Å². The van der Waals surface area contributed by atoms with Crippen molar-refractivity contribution in [2.75, 3.05) is 6.61 Å². The van der Waals surface area contributed by atoms with Crippen LogP contribution in [-0.2, 0) is 4.79 Å². The number of amides is 1. The third-order valence-corrected chi connectivity index (χ3v) is 1.27. The summed E-state index contributed by atoms with van der Waals surface area (Å²) in [5.74, 6) is -0.0204. The molecule has 0 aromatic heterocycles. The quantitative estimate of drug-likeness (QED) is 0.620. The van der Waals surface area contributed by atoms with E-state index in [-0.39, 0.29) is 12.5 Å². The molecule has 0 radical (unpaired) electrons. The summed E-state index contributed by atoms with van der Waals surface area (Å²) < 4.78 is 0. The molecule has 11 heavy (non-hydrogen) atoms. The van der Waals surface area contributed by atoms with E-state index in [1.165, 1.54) is 0 Å². The zero-order chi connectivity index (χ0) is 8.69. The Kier molecular flexibility index (Phi) is 5.47. The molecule has 3 nitrogen and oxygen atoms in total. The maximum Gasteiger partial charge on any atom is 0.223 e. The number of aliphatic hydroxyl groups excluding tert-OH is 1. The predicted octanol–water partition coefficient (Wildman–Crippen LogP) is 0.799. The van der Waals surface area contributed by atoms with E-state index >= 15 is 0 Å². The minimum absolute atomic E-state index is 0.0204. The third-order valence-electron chi connectivity index (χ3n) is 1.27. The summed E-state index contributed by atoms with van der Waals surface area (Å²) in [6.07, 6.45) is 1.78. The lowest BCUT2D eigenvalue weighted by Crippen LogP contribution is -2.20. The zero-order valence-electron chi connectivity index (χ0n) is 6.89. The molecule has 0 rings (SSSR count). The smallest absolute Gasteiger partial charge is 0.223 e. The number of nitrogens with one attached hydrogen (secondary N) is 1. The van der Waals surface area contributed by atoms with Crippen molar-refractivity contribution in [1.82, 2.24) is 5.32 Å². The Labute approximate surface area is 67.1 Å². The molecular formula is C8H15NO2. The Morgan fingerprint density at radius 1 is 1.64 bits per heavy atom. The van der Waals surface area contributed by atoms with Gasteiger partial charge in [0.1, 0.15) is 0 Å². The second-order valence-electron chi connectivity index (χ2n) is 2.33. The van der Waals surface area contributed by atoms with Crippen LogP contribution in [0.5, 0.6) is 0 Å². The average molecular weight is 157 g/mol. The Bertz CT molecular complexity index is 143. The molecule has 0 aromatic carbocycles. The van der Waals surface area contributed by atoms with Gasteiger partial charge in [-0.2, -0.15) is 0 Å². The summed E-state index contributed by atoms with van der Waals surface area (Å²) in [6.45, 7) is 5.56. The van der Waals surface area contributed by atoms with Crippen molar-refractivity contribution in [1.29, 1.82) is 0 Å². The third kappa shape index (κ3) is 5.61. The highest BCUT2D eigenvalue weighted by molar-refractivity contribution is 5.77. The lowest BCUT2D eigenvalue weighted by Gasteiger charge is -2.04. The standard InChI is InChI=1S/C8H15NO2/c1-3-8(11)9-7(2)5-4-6-10/h10H,2-6H2,1H3,(H,9,11). The molecule has 0 bridgehead atoms. The fourth-order valence-electron chi connectivity index (χ4n) is 0.641. The van der Waals surface area contributed by atoms with Gasteiger partial charge >= 0.3 is 0 Å². The molecule has 0 atom stereocenters. The van der Waals surface area contributed by atoms with Gasteiger partial charge in [-0.1, -0.05) is 13.5 Å². The Hall–Kier alpha value is -0.830. The summed E-state index contributed by atoms with van der Waals surface area (Å²) >= 11 is 0. The summed E-state index contributed by atoms with van der Waals surface area (Å²) in [5, 5.41) is 11.1. The van der Waals surface area contributed by atoms with Crippen molar-refractivity contribution in [3.63, 3.8) is 0 Å². The highest BCUT2D eigenvalue weighted by Gasteiger charge is 1.98. The predicted molar refractivity (Wildman–Crippen MR) is 43.9 cm³/mol. The van der Waals surface area contributed by atoms with E-state index in [1.807, 2.05) is 0 Å². The Morgan fingerprint density at radius 2 is 2.27 bits per heavy atom. The van der Waals surface area contributed by atoms with Crippen LogP contribution in [0.1, 0.15) is 26.2 Å². The molecule has 0 unspecified atom stereocenters. The highest BCUT2D eigenvalue weighted by Crippen LogP contribution is 1.97. The first-order valence-electron chi connectivity index (χ1n) is 3.79. The van der Waals surface area contributed by atoms with Gasteiger partial charge in [-0.25, -0.2) is 0 Å². The van der Waals surface area contributed by atoms with E-state index in [1.54, 1.807) is 6.92 Å². The topological polar surface area (TPSA) is 49.3 Å². The first-order chi connectivity index (χ1) is 5.20. The molecule has 1 amide bonds. The average Bonchev–Trinajstić information content (AvgIpc) is 2.00. The number of hydrogen-bond donors (Lipinski definition) is 2. The van der Waals surface area contributed by atoms with Crippen molar-refractivity contribution in [3.8, 4) is 0 Å². The zero-order valence-corrected chi connectivity index (χ0v) is 6.89. The van der Waals surface area contributed by atoms with Crippen LogP contribution in [0.2, 0.25) is 0 Å². The lowest BCUT2D eigenvalue weighted by atomic mass is 10.2. The second kappa shape index (κ2) is 5.92. The molecule has 0 aliphatic carbocycles. The Balaban J connectivity index is 3.44. The molecule has 0 heterocycles. The molecule has 0 saturated carbocycles. The van der Waals surface area contributed by atoms with Crippen LogP contribution in [0.15, 0.2) is 12.3 Å². The Morgan fingerprint density at radius 3 is 2.73 bits per heavy atom. The normalized spacial score (nSPS) is 9.27. The van der Waals surface area contributed by atoms with Crippen molar-refractivity contribution in [2.24, 2.45) is 0 Å². The molecule has 0 saturated heterocycles. The fraction of sp³-hybridized carbons (Fsp3) is 0.625. The summed E-state index contributed by atoms with van der Waals surface area (Å²) in [6, 6.07) is 0. The van der Waals surface area contributed by atoms with E-state index in [0.717, 1.165) is 0 Å². The van der Waals surface area contributed by atoms with E-state index in [2.05, 4.69) is 11.9 Å². The van der Waals surface area contributed by atoms with E-state index in [9.17, 15) is 4.79 Å². The largest absolute Gasteiger partial charge is 0.396 e. The monoisotopic (exact) mass is 157 g/mol. The van der Waals surface area contributed by atoms with Crippen LogP contribution in [0.4, 0.5) is 0 Å². The van der Waals surface area contributed by atoms with Crippen molar-refractivity contribution in [3.05, 3.63) is 12.3 Å².